The van der Waals surface area contributed by atoms with Crippen molar-refractivity contribution in [1.29, 1.82) is 0 Å². The zero-order valence-electron chi connectivity index (χ0n) is 21.4. The maximum Gasteiger partial charge on any atom is 0.573 e. The number of alkyl halides is 3. The number of rotatable bonds is 9. The fourth-order valence-corrected chi connectivity index (χ4v) is 4.50. The summed E-state index contributed by atoms with van der Waals surface area (Å²) in [6, 6.07) is 15.1. The average Bonchev–Trinajstić information content (AvgIpc) is 2.88. The van der Waals surface area contributed by atoms with Crippen LogP contribution in [0, 0.1) is 6.92 Å². The summed E-state index contributed by atoms with van der Waals surface area (Å²) in [6.45, 7) is 1.70. The smallest absolute Gasteiger partial charge is 0.495 e. The maximum atomic E-state index is 12.4. The molecular formula is C28H23ClF3NO7. The summed E-state index contributed by atoms with van der Waals surface area (Å²) in [6.07, 6.45) is -7.28. The quantitative estimate of drug-likeness (QED) is 0.200. The van der Waals surface area contributed by atoms with E-state index >= 15 is 0 Å². The molecule has 8 nitrogen and oxygen atoms in total. The minimum atomic E-state index is -4.79. The van der Waals surface area contributed by atoms with Gasteiger partial charge in [-0.05, 0) is 55.0 Å². The van der Waals surface area contributed by atoms with Crippen molar-refractivity contribution in [2.75, 3.05) is 20.8 Å². The minimum absolute atomic E-state index is 0.0727. The molecule has 0 aliphatic heterocycles. The van der Waals surface area contributed by atoms with Gasteiger partial charge in [0.2, 0.25) is 0 Å². The Kier molecular flexibility index (Phi) is 8.55. The molecule has 0 radical (unpaired) electrons. The molecular weight excluding hydrogens is 555 g/mol. The number of pyridine rings is 1. The topological polar surface area (TPSA) is 96.3 Å². The third-order valence-electron chi connectivity index (χ3n) is 5.80. The van der Waals surface area contributed by atoms with Crippen molar-refractivity contribution in [1.82, 2.24) is 4.98 Å². The van der Waals surface area contributed by atoms with E-state index in [-0.39, 0.29) is 12.4 Å². The highest BCUT2D eigenvalue weighted by atomic mass is 35.5. The van der Waals surface area contributed by atoms with Crippen LogP contribution in [0.1, 0.15) is 17.4 Å². The van der Waals surface area contributed by atoms with E-state index in [0.717, 1.165) is 12.1 Å². The van der Waals surface area contributed by atoms with Crippen molar-refractivity contribution < 1.29 is 46.8 Å². The second-order valence-corrected chi connectivity index (χ2v) is 8.87. The van der Waals surface area contributed by atoms with Gasteiger partial charge in [0.15, 0.2) is 6.10 Å². The first kappa shape index (κ1) is 28.8. The lowest BCUT2D eigenvalue weighted by molar-refractivity contribution is -0.274. The Morgan fingerprint density at radius 3 is 2.15 bits per heavy atom. The van der Waals surface area contributed by atoms with E-state index in [1.807, 2.05) is 0 Å². The van der Waals surface area contributed by atoms with Gasteiger partial charge in [-0.1, -0.05) is 23.7 Å². The summed E-state index contributed by atoms with van der Waals surface area (Å²) in [5.74, 6) is 0.741. The van der Waals surface area contributed by atoms with Gasteiger partial charge in [0.05, 0.1) is 24.3 Å². The molecule has 1 N–H and O–H groups in total. The summed E-state index contributed by atoms with van der Waals surface area (Å²) < 4.78 is 62.7. The molecule has 1 heterocycles. The molecule has 0 spiro atoms. The van der Waals surface area contributed by atoms with Crippen molar-refractivity contribution in [3.8, 4) is 34.1 Å². The third-order valence-corrected chi connectivity index (χ3v) is 6.09. The second kappa shape index (κ2) is 11.9. The fraction of sp³-hybridized carbons (Fsp3) is 0.214. The Morgan fingerprint density at radius 2 is 1.60 bits per heavy atom. The van der Waals surface area contributed by atoms with Crippen molar-refractivity contribution in [3.05, 3.63) is 76.9 Å². The van der Waals surface area contributed by atoms with Gasteiger partial charge < -0.3 is 28.8 Å². The lowest BCUT2D eigenvalue weighted by Crippen LogP contribution is -2.17. The number of hydrogen-bond donors (Lipinski definition) is 1. The number of ether oxygens (including phenoxy) is 5. The summed E-state index contributed by atoms with van der Waals surface area (Å²) in [4.78, 5) is 16.3. The molecule has 0 aliphatic rings. The first-order valence-corrected chi connectivity index (χ1v) is 12.1. The van der Waals surface area contributed by atoms with Gasteiger partial charge in [0.25, 0.3) is 0 Å². The summed E-state index contributed by atoms with van der Waals surface area (Å²) in [5, 5.41) is 10.3. The number of aromatic nitrogens is 1. The van der Waals surface area contributed by atoms with E-state index in [4.69, 9.17) is 35.5 Å². The SMILES string of the molecule is COCC(OC(=O)O)c1c(-c2ccc(Oc3ccc(OC(F)(F)F)cc3)cc2)c(C)nc2cc(OC)c(Cl)cc12. The molecule has 1 unspecified atom stereocenters. The van der Waals surface area contributed by atoms with Gasteiger partial charge in [-0.2, -0.15) is 0 Å². The molecule has 0 bridgehead atoms. The zero-order valence-corrected chi connectivity index (χ0v) is 22.2. The number of aryl methyl sites for hydroxylation is 1. The number of nitrogens with zero attached hydrogens (tertiary/aromatic N) is 1. The number of hydrogen-bond acceptors (Lipinski definition) is 7. The van der Waals surface area contributed by atoms with Crippen LogP contribution in [0.3, 0.4) is 0 Å². The van der Waals surface area contributed by atoms with Gasteiger partial charge in [0, 0.05) is 35.4 Å². The first-order valence-electron chi connectivity index (χ1n) is 11.7. The van der Waals surface area contributed by atoms with E-state index in [9.17, 15) is 23.1 Å². The van der Waals surface area contributed by atoms with Crippen LogP contribution in [0.2, 0.25) is 5.02 Å². The van der Waals surface area contributed by atoms with Crippen molar-refractivity contribution >= 4 is 28.7 Å². The molecule has 1 atom stereocenters. The van der Waals surface area contributed by atoms with Crippen LogP contribution in [-0.4, -0.2) is 43.4 Å². The molecule has 1 aromatic heterocycles. The Hall–Kier alpha value is -4.22. The van der Waals surface area contributed by atoms with E-state index in [2.05, 4.69) is 4.74 Å². The summed E-state index contributed by atoms with van der Waals surface area (Å²) in [5.41, 5.74) is 2.88. The maximum absolute atomic E-state index is 12.4. The number of carbonyl (C=O) groups is 1. The van der Waals surface area contributed by atoms with Crippen LogP contribution >= 0.6 is 11.6 Å². The Morgan fingerprint density at radius 1 is 1.00 bits per heavy atom. The van der Waals surface area contributed by atoms with Crippen LogP contribution < -0.4 is 14.2 Å². The number of methoxy groups -OCH3 is 2. The summed E-state index contributed by atoms with van der Waals surface area (Å²) >= 11 is 6.42. The van der Waals surface area contributed by atoms with Crippen LogP contribution in [0.25, 0.3) is 22.0 Å². The van der Waals surface area contributed by atoms with Gasteiger partial charge in [-0.15, -0.1) is 13.2 Å². The summed E-state index contributed by atoms with van der Waals surface area (Å²) in [7, 11) is 2.91. The van der Waals surface area contributed by atoms with Crippen molar-refractivity contribution in [2.45, 2.75) is 19.4 Å². The molecule has 0 saturated heterocycles. The fourth-order valence-electron chi connectivity index (χ4n) is 4.26. The largest absolute Gasteiger partial charge is 0.573 e. The minimum Gasteiger partial charge on any atom is -0.495 e. The lowest BCUT2D eigenvalue weighted by Gasteiger charge is -2.23. The van der Waals surface area contributed by atoms with Crippen LogP contribution in [0.4, 0.5) is 18.0 Å². The van der Waals surface area contributed by atoms with Gasteiger partial charge in [-0.25, -0.2) is 4.79 Å². The molecule has 210 valence electrons. The number of carboxylic acid groups (broad SMARTS) is 1. The predicted octanol–water partition coefficient (Wildman–Crippen LogP) is 7.95. The van der Waals surface area contributed by atoms with Crippen molar-refractivity contribution in [2.24, 2.45) is 0 Å². The molecule has 0 amide bonds. The molecule has 0 aliphatic carbocycles. The van der Waals surface area contributed by atoms with Gasteiger partial charge in [-0.3, -0.25) is 4.98 Å². The molecule has 0 saturated carbocycles. The monoisotopic (exact) mass is 577 g/mol. The normalized spacial score (nSPS) is 12.2. The number of benzene rings is 3. The van der Waals surface area contributed by atoms with Crippen LogP contribution in [-0.2, 0) is 9.47 Å². The van der Waals surface area contributed by atoms with E-state index in [1.165, 1.54) is 26.4 Å². The van der Waals surface area contributed by atoms with E-state index < -0.39 is 18.6 Å². The highest BCUT2D eigenvalue weighted by Crippen LogP contribution is 2.41. The average molecular weight is 578 g/mol. The van der Waals surface area contributed by atoms with Crippen LogP contribution in [0.5, 0.6) is 23.0 Å². The van der Waals surface area contributed by atoms with Crippen molar-refractivity contribution in [3.63, 3.8) is 0 Å². The highest BCUT2D eigenvalue weighted by Gasteiger charge is 2.31. The molecule has 3 aromatic carbocycles. The lowest BCUT2D eigenvalue weighted by atomic mass is 9.91. The predicted molar refractivity (Wildman–Crippen MR) is 140 cm³/mol. The van der Waals surface area contributed by atoms with E-state index in [0.29, 0.717) is 55.6 Å². The Balaban J connectivity index is 1.75. The van der Waals surface area contributed by atoms with Crippen LogP contribution in [0.15, 0.2) is 60.7 Å². The second-order valence-electron chi connectivity index (χ2n) is 8.46. The molecule has 0 fully saturated rings. The Bertz CT molecular complexity index is 1510. The molecule has 12 heteroatoms. The molecule has 40 heavy (non-hydrogen) atoms. The number of fused-ring (bicyclic) bond motifs is 1. The molecule has 4 rings (SSSR count). The first-order chi connectivity index (χ1) is 19.0. The highest BCUT2D eigenvalue weighted by molar-refractivity contribution is 6.33. The standard InChI is InChI=1S/C28H23ClF3NO7/c1-15-25(16-4-6-17(7-5-16)38-18-8-10-19(11-9-18)40-28(30,31)32)26(24(14-36-2)39-27(34)35)20-12-21(29)23(37-3)13-22(20)33-15/h4-13,24H,14H2,1-3H3,(H,34,35). The zero-order chi connectivity index (χ0) is 29.0. The van der Waals surface area contributed by atoms with Gasteiger partial charge >= 0.3 is 12.5 Å². The van der Waals surface area contributed by atoms with Gasteiger partial charge in [0.1, 0.15) is 23.0 Å². The molecule has 4 aromatic rings. The van der Waals surface area contributed by atoms with E-state index in [1.54, 1.807) is 43.3 Å². The number of halogens is 4. The Labute approximate surface area is 231 Å². The third kappa shape index (κ3) is 6.67.